The largest absolute Gasteiger partial charge is 0.438 e. The van der Waals surface area contributed by atoms with Crippen LogP contribution in [-0.2, 0) is 0 Å². The van der Waals surface area contributed by atoms with Crippen LogP contribution in [0.15, 0.2) is 29.6 Å². The molecule has 0 aliphatic carbocycles. The lowest BCUT2D eigenvalue weighted by molar-refractivity contribution is 0.452. The Labute approximate surface area is 116 Å². The number of rotatable bonds is 3. The summed E-state index contributed by atoms with van der Waals surface area (Å²) in [6.07, 6.45) is 0. The Hall–Kier alpha value is -2.32. The van der Waals surface area contributed by atoms with Gasteiger partial charge in [-0.25, -0.2) is 19.6 Å². The number of fused-ring (bicyclic) bond motifs is 1. The summed E-state index contributed by atoms with van der Waals surface area (Å²) in [6, 6.07) is 5.02. The second-order valence-electron chi connectivity index (χ2n) is 3.81. The first-order valence-corrected chi connectivity index (χ1v) is 6.40. The minimum absolute atomic E-state index is 0.137. The molecule has 20 heavy (non-hydrogen) atoms. The summed E-state index contributed by atoms with van der Waals surface area (Å²) < 4.78 is 31.5. The number of ether oxygens (including phenoxy) is 1. The summed E-state index contributed by atoms with van der Waals surface area (Å²) >= 11 is 1.39. The Morgan fingerprint density at radius 1 is 1.15 bits per heavy atom. The van der Waals surface area contributed by atoms with E-state index in [4.69, 9.17) is 10.6 Å². The SMILES string of the molecule is NNc1nc(Oc2ccc(F)c(F)c2)c2ccsc2n1. The molecule has 1 aromatic carbocycles. The van der Waals surface area contributed by atoms with Gasteiger partial charge in [0, 0.05) is 6.07 Å². The second kappa shape index (κ2) is 4.99. The first kappa shape index (κ1) is 12.7. The molecule has 2 heterocycles. The molecule has 0 unspecified atom stereocenters. The average Bonchev–Trinajstić information content (AvgIpc) is 2.91. The highest BCUT2D eigenvalue weighted by Crippen LogP contribution is 2.31. The molecule has 0 bridgehead atoms. The molecule has 3 N–H and O–H groups in total. The van der Waals surface area contributed by atoms with Crippen molar-refractivity contribution in [1.82, 2.24) is 9.97 Å². The van der Waals surface area contributed by atoms with E-state index >= 15 is 0 Å². The number of hydrogen-bond acceptors (Lipinski definition) is 6. The van der Waals surface area contributed by atoms with Gasteiger partial charge in [-0.2, -0.15) is 4.98 Å². The molecule has 3 aromatic rings. The van der Waals surface area contributed by atoms with Crippen LogP contribution < -0.4 is 16.0 Å². The minimum Gasteiger partial charge on any atom is -0.438 e. The van der Waals surface area contributed by atoms with Crippen LogP contribution in [0.5, 0.6) is 11.6 Å². The third kappa shape index (κ3) is 2.26. The van der Waals surface area contributed by atoms with Crippen molar-refractivity contribution in [3.05, 3.63) is 41.3 Å². The van der Waals surface area contributed by atoms with Crippen LogP contribution in [0.1, 0.15) is 0 Å². The van der Waals surface area contributed by atoms with Gasteiger partial charge >= 0.3 is 0 Å². The van der Waals surface area contributed by atoms with Crippen molar-refractivity contribution < 1.29 is 13.5 Å². The minimum atomic E-state index is -0.990. The van der Waals surface area contributed by atoms with Gasteiger partial charge in [-0.15, -0.1) is 11.3 Å². The number of benzene rings is 1. The van der Waals surface area contributed by atoms with Crippen molar-refractivity contribution in [3.8, 4) is 11.6 Å². The fourth-order valence-corrected chi connectivity index (χ4v) is 2.38. The molecule has 3 rings (SSSR count). The summed E-state index contributed by atoms with van der Waals surface area (Å²) in [7, 11) is 0. The Morgan fingerprint density at radius 2 is 2.00 bits per heavy atom. The van der Waals surface area contributed by atoms with Crippen LogP contribution >= 0.6 is 11.3 Å². The highest BCUT2D eigenvalue weighted by Gasteiger charge is 2.12. The Kier molecular flexibility index (Phi) is 3.17. The molecule has 5 nitrogen and oxygen atoms in total. The number of thiophene rings is 1. The van der Waals surface area contributed by atoms with E-state index in [1.807, 2.05) is 5.38 Å². The summed E-state index contributed by atoms with van der Waals surface area (Å²) in [6.45, 7) is 0. The van der Waals surface area contributed by atoms with Gasteiger partial charge in [-0.05, 0) is 23.6 Å². The molecule has 0 amide bonds. The molecule has 2 aromatic heterocycles. The first-order chi connectivity index (χ1) is 9.67. The van der Waals surface area contributed by atoms with Crippen molar-refractivity contribution in [1.29, 1.82) is 0 Å². The lowest BCUT2D eigenvalue weighted by Gasteiger charge is -2.07. The zero-order chi connectivity index (χ0) is 14.1. The monoisotopic (exact) mass is 294 g/mol. The molecule has 102 valence electrons. The molecule has 0 aliphatic heterocycles. The number of nitrogen functional groups attached to an aromatic ring is 1. The molecule has 0 fully saturated rings. The molecular weight excluding hydrogens is 286 g/mol. The van der Waals surface area contributed by atoms with Gasteiger partial charge in [0.05, 0.1) is 5.39 Å². The fourth-order valence-electron chi connectivity index (χ4n) is 1.62. The smallest absolute Gasteiger partial charge is 0.241 e. The number of halogens is 2. The van der Waals surface area contributed by atoms with Crippen LogP contribution in [0.3, 0.4) is 0 Å². The van der Waals surface area contributed by atoms with Crippen molar-refractivity contribution in [2.45, 2.75) is 0 Å². The lowest BCUT2D eigenvalue weighted by Crippen LogP contribution is -2.10. The number of nitrogens with two attached hydrogens (primary N) is 1. The van der Waals surface area contributed by atoms with E-state index in [1.165, 1.54) is 17.4 Å². The maximum absolute atomic E-state index is 13.2. The first-order valence-electron chi connectivity index (χ1n) is 5.52. The van der Waals surface area contributed by atoms with Crippen LogP contribution in [0.25, 0.3) is 10.2 Å². The molecule has 0 saturated carbocycles. The number of nitrogens with one attached hydrogen (secondary N) is 1. The molecular formula is C12H8F2N4OS. The van der Waals surface area contributed by atoms with Gasteiger partial charge in [-0.3, -0.25) is 5.43 Å². The Bertz CT molecular complexity index is 777. The molecule has 0 radical (unpaired) electrons. The predicted octanol–water partition coefficient (Wildman–Crippen LogP) is 3.05. The van der Waals surface area contributed by atoms with Crippen LogP contribution in [0.4, 0.5) is 14.7 Å². The zero-order valence-electron chi connectivity index (χ0n) is 9.93. The molecule has 0 atom stereocenters. The summed E-state index contributed by atoms with van der Waals surface area (Å²) in [5.41, 5.74) is 2.33. The van der Waals surface area contributed by atoms with Crippen molar-refractivity contribution in [2.24, 2.45) is 5.84 Å². The van der Waals surface area contributed by atoms with E-state index in [1.54, 1.807) is 6.07 Å². The summed E-state index contributed by atoms with van der Waals surface area (Å²) in [5, 5.41) is 2.48. The van der Waals surface area contributed by atoms with E-state index in [2.05, 4.69) is 15.4 Å². The number of hydrogen-bond donors (Lipinski definition) is 2. The topological polar surface area (TPSA) is 73.1 Å². The van der Waals surface area contributed by atoms with Crippen molar-refractivity contribution >= 4 is 27.5 Å². The predicted molar refractivity (Wildman–Crippen MR) is 71.7 cm³/mol. The maximum atomic E-state index is 13.2. The molecule has 0 aliphatic rings. The average molecular weight is 294 g/mol. The fraction of sp³-hybridized carbons (Fsp3) is 0. The van der Waals surface area contributed by atoms with Crippen molar-refractivity contribution in [2.75, 3.05) is 5.43 Å². The van der Waals surface area contributed by atoms with E-state index in [0.29, 0.717) is 10.2 Å². The Balaban J connectivity index is 2.04. The number of nitrogens with zero attached hydrogens (tertiary/aromatic N) is 2. The third-order valence-electron chi connectivity index (χ3n) is 2.52. The van der Waals surface area contributed by atoms with Gasteiger partial charge in [0.25, 0.3) is 0 Å². The summed E-state index contributed by atoms with van der Waals surface area (Å²) in [5.74, 6) is 3.88. The van der Waals surface area contributed by atoms with E-state index in [0.717, 1.165) is 12.1 Å². The van der Waals surface area contributed by atoms with Gasteiger partial charge in [0.2, 0.25) is 11.8 Å². The van der Waals surface area contributed by atoms with Gasteiger partial charge in [0.1, 0.15) is 10.6 Å². The molecule has 0 spiro atoms. The van der Waals surface area contributed by atoms with Gasteiger partial charge < -0.3 is 4.74 Å². The number of anilines is 1. The van der Waals surface area contributed by atoms with Crippen LogP contribution in [0, 0.1) is 11.6 Å². The standard InChI is InChI=1S/C12H8F2N4OS/c13-8-2-1-6(5-9(8)14)19-10-7-3-4-20-11(7)17-12(16-10)18-15/h1-5H,15H2,(H,16,17,18). The number of aromatic nitrogens is 2. The van der Waals surface area contributed by atoms with E-state index < -0.39 is 11.6 Å². The zero-order valence-corrected chi connectivity index (χ0v) is 10.7. The van der Waals surface area contributed by atoms with E-state index in [-0.39, 0.29) is 17.6 Å². The quantitative estimate of drug-likeness (QED) is 0.574. The maximum Gasteiger partial charge on any atom is 0.241 e. The second-order valence-corrected chi connectivity index (χ2v) is 4.71. The number of hydrazine groups is 1. The summed E-state index contributed by atoms with van der Waals surface area (Å²) in [4.78, 5) is 8.88. The highest BCUT2D eigenvalue weighted by atomic mass is 32.1. The third-order valence-corrected chi connectivity index (χ3v) is 3.33. The molecule has 8 heteroatoms. The van der Waals surface area contributed by atoms with Gasteiger partial charge in [-0.1, -0.05) is 0 Å². The van der Waals surface area contributed by atoms with Gasteiger partial charge in [0.15, 0.2) is 11.6 Å². The van der Waals surface area contributed by atoms with Crippen molar-refractivity contribution in [3.63, 3.8) is 0 Å². The normalized spacial score (nSPS) is 10.8. The lowest BCUT2D eigenvalue weighted by atomic mass is 10.3. The van der Waals surface area contributed by atoms with E-state index in [9.17, 15) is 8.78 Å². The Morgan fingerprint density at radius 3 is 2.75 bits per heavy atom. The molecule has 0 saturated heterocycles. The van der Waals surface area contributed by atoms with Crippen LogP contribution in [-0.4, -0.2) is 9.97 Å². The highest BCUT2D eigenvalue weighted by molar-refractivity contribution is 7.16. The van der Waals surface area contributed by atoms with Crippen LogP contribution in [0.2, 0.25) is 0 Å².